The fourth-order valence-electron chi connectivity index (χ4n) is 6.42. The van der Waals surface area contributed by atoms with E-state index in [4.69, 9.17) is 14.8 Å². The van der Waals surface area contributed by atoms with Crippen LogP contribution in [0.5, 0.6) is 0 Å². The molecule has 1 N–H and O–H groups in total. The molecule has 1 fully saturated rings. The number of fused-ring (bicyclic) bond motifs is 5. The highest BCUT2D eigenvalue weighted by molar-refractivity contribution is 5.79. The Hall–Kier alpha value is -4.23. The molecule has 2 aromatic carbocycles. The van der Waals surface area contributed by atoms with Crippen LogP contribution in [0.4, 0.5) is 5.82 Å². The smallest absolute Gasteiger partial charge is 0.337 e. The number of ether oxygens (including phenoxy) is 1. The van der Waals surface area contributed by atoms with Gasteiger partial charge in [-0.1, -0.05) is 73.7 Å². The van der Waals surface area contributed by atoms with Crippen LogP contribution in [0.2, 0.25) is 0 Å². The Balaban J connectivity index is 1.57. The second kappa shape index (κ2) is 11.7. The van der Waals surface area contributed by atoms with Crippen LogP contribution in [0, 0.1) is 12.3 Å². The van der Waals surface area contributed by atoms with Gasteiger partial charge in [0.05, 0.1) is 16.9 Å². The maximum absolute atomic E-state index is 12.8. The second-order valence-electron chi connectivity index (χ2n) is 13.4. The van der Waals surface area contributed by atoms with E-state index in [1.807, 2.05) is 38.3 Å². The molecule has 0 saturated carbocycles. The highest BCUT2D eigenvalue weighted by Crippen LogP contribution is 2.40. The number of benzene rings is 2. The molecule has 7 nitrogen and oxygen atoms in total. The van der Waals surface area contributed by atoms with Crippen molar-refractivity contribution < 1.29 is 14.6 Å². The number of anilines is 1. The molecule has 6 bridgehead atoms. The number of hydrogen-bond acceptors (Lipinski definition) is 5. The van der Waals surface area contributed by atoms with Crippen molar-refractivity contribution in [2.75, 3.05) is 18.0 Å². The molecule has 44 heavy (non-hydrogen) atoms. The number of aromatic nitrogens is 3. The molecule has 3 aliphatic rings. The zero-order valence-corrected chi connectivity index (χ0v) is 26.4. The highest BCUT2D eigenvalue weighted by Gasteiger charge is 2.36. The first kappa shape index (κ1) is 29.8. The molecule has 2 aromatic heterocycles. The Morgan fingerprint density at radius 2 is 1.77 bits per heavy atom. The van der Waals surface area contributed by atoms with Crippen molar-refractivity contribution in [3.8, 4) is 22.4 Å². The fraction of sp³-hybridized carbons (Fsp3) is 0.378. The van der Waals surface area contributed by atoms with Gasteiger partial charge in [0.1, 0.15) is 5.82 Å². The fourth-order valence-corrected chi connectivity index (χ4v) is 6.42. The summed E-state index contributed by atoms with van der Waals surface area (Å²) in [6.45, 7) is 11.4. The molecule has 1 unspecified atom stereocenters. The van der Waals surface area contributed by atoms with Gasteiger partial charge in [-0.15, -0.1) is 0 Å². The number of piperidine rings is 1. The summed E-state index contributed by atoms with van der Waals surface area (Å²) in [5, 5.41) is 15.6. The molecular weight excluding hydrogens is 548 g/mol. The van der Waals surface area contributed by atoms with Gasteiger partial charge < -0.3 is 14.7 Å². The normalized spacial score (nSPS) is 17.2. The van der Waals surface area contributed by atoms with E-state index < -0.39 is 17.7 Å². The third-order valence-electron chi connectivity index (χ3n) is 8.78. The van der Waals surface area contributed by atoms with Gasteiger partial charge in [-0.2, -0.15) is 9.61 Å². The minimum atomic E-state index is -1.19. The van der Waals surface area contributed by atoms with E-state index in [9.17, 15) is 9.90 Å². The van der Waals surface area contributed by atoms with Gasteiger partial charge in [-0.3, -0.25) is 0 Å². The van der Waals surface area contributed by atoms with Crippen LogP contribution in [0.3, 0.4) is 0 Å². The zero-order chi connectivity index (χ0) is 31.1. The molecule has 7 rings (SSSR count). The van der Waals surface area contributed by atoms with Crippen molar-refractivity contribution in [2.24, 2.45) is 5.41 Å². The van der Waals surface area contributed by atoms with Crippen molar-refractivity contribution >= 4 is 17.4 Å². The lowest BCUT2D eigenvalue weighted by Crippen LogP contribution is -2.40. The number of nitrogens with zero attached hydrogens (tertiary/aromatic N) is 4. The van der Waals surface area contributed by atoms with Crippen molar-refractivity contribution in [2.45, 2.75) is 72.0 Å². The predicted octanol–water partition coefficient (Wildman–Crippen LogP) is 7.98. The Morgan fingerprint density at radius 3 is 2.52 bits per heavy atom. The van der Waals surface area contributed by atoms with Crippen LogP contribution in [-0.2, 0) is 16.0 Å². The third kappa shape index (κ3) is 6.06. The van der Waals surface area contributed by atoms with E-state index in [0.717, 1.165) is 61.4 Å². The van der Waals surface area contributed by atoms with Gasteiger partial charge in [-0.25, -0.2) is 9.78 Å². The minimum Gasteiger partial charge on any atom is -0.479 e. The molecule has 0 spiro atoms. The molecule has 0 radical (unpaired) electrons. The van der Waals surface area contributed by atoms with Crippen molar-refractivity contribution in [1.82, 2.24) is 14.6 Å². The number of rotatable bonds is 3. The summed E-state index contributed by atoms with van der Waals surface area (Å²) in [7, 11) is 0. The lowest BCUT2D eigenvalue weighted by Gasteiger charge is -2.40. The molecule has 0 amide bonds. The standard InChI is InChI=1S/C37H42N4O3/c1-25-32(33(35(42)43)44-36(2,3)4)34-40-21-19-37(5,20-22-40)18-11-7-6-8-13-26-14-9-10-17-29(26)27-15-12-16-28(23-27)30-24-31(38-25)41(34)39-30/h6-7,9-12,14-18,23-24,33H,8,13,19-22H2,1-5H3,(H,42,43). The van der Waals surface area contributed by atoms with Crippen LogP contribution in [0.15, 0.2) is 78.9 Å². The average Bonchev–Trinajstić information content (AvgIpc) is 3.41. The van der Waals surface area contributed by atoms with Crippen molar-refractivity contribution in [3.05, 3.63) is 95.7 Å². The first-order valence-electron chi connectivity index (χ1n) is 15.6. The molecule has 4 aromatic rings. The lowest BCUT2D eigenvalue weighted by atomic mass is 9.80. The van der Waals surface area contributed by atoms with Crippen LogP contribution in [0.25, 0.3) is 28.0 Å². The quantitative estimate of drug-likeness (QED) is 0.261. The number of aryl methyl sites for hydroxylation is 2. The van der Waals surface area contributed by atoms with Crippen LogP contribution in [-0.4, -0.2) is 44.4 Å². The first-order chi connectivity index (χ1) is 21.0. The van der Waals surface area contributed by atoms with E-state index >= 15 is 0 Å². The molecular formula is C37H42N4O3. The van der Waals surface area contributed by atoms with Crippen molar-refractivity contribution in [1.29, 1.82) is 0 Å². The summed E-state index contributed by atoms with van der Waals surface area (Å²) in [5.74, 6) is -0.285. The SMILES string of the molecule is Cc1nc2cc3nn2c(c1C(OC(C)(C)C)C(=O)O)N1CCC(C)(C=CC=CCCc2ccccc2-c2cccc-3c2)CC1. The Bertz CT molecular complexity index is 1750. The topological polar surface area (TPSA) is 80.0 Å². The second-order valence-corrected chi connectivity index (χ2v) is 13.4. The molecule has 3 aliphatic heterocycles. The van der Waals surface area contributed by atoms with Crippen LogP contribution < -0.4 is 4.90 Å². The molecule has 1 saturated heterocycles. The van der Waals surface area contributed by atoms with Crippen molar-refractivity contribution in [3.63, 3.8) is 0 Å². The molecule has 1 atom stereocenters. The summed E-state index contributed by atoms with van der Waals surface area (Å²) < 4.78 is 8.04. The predicted molar refractivity (Wildman–Crippen MR) is 176 cm³/mol. The minimum absolute atomic E-state index is 0.0419. The number of carboxylic acids is 1. The Kier molecular flexibility index (Phi) is 7.93. The highest BCUT2D eigenvalue weighted by atomic mass is 16.5. The van der Waals surface area contributed by atoms with Gasteiger partial charge in [0.15, 0.2) is 11.8 Å². The number of carboxylic acid groups (broad SMARTS) is 1. The van der Waals surface area contributed by atoms with Crippen LogP contribution in [0.1, 0.15) is 69.9 Å². The largest absolute Gasteiger partial charge is 0.479 e. The van der Waals surface area contributed by atoms with Gasteiger partial charge in [-0.05, 0) is 81.5 Å². The summed E-state index contributed by atoms with van der Waals surface area (Å²) in [6.07, 6.45) is 11.6. The summed E-state index contributed by atoms with van der Waals surface area (Å²) >= 11 is 0. The number of aliphatic carboxylic acids is 1. The monoisotopic (exact) mass is 590 g/mol. The zero-order valence-electron chi connectivity index (χ0n) is 26.4. The molecule has 7 heteroatoms. The van der Waals surface area contributed by atoms with Gasteiger partial charge in [0.2, 0.25) is 0 Å². The average molecular weight is 591 g/mol. The van der Waals surface area contributed by atoms with E-state index in [1.54, 1.807) is 0 Å². The van der Waals surface area contributed by atoms with E-state index in [-0.39, 0.29) is 5.41 Å². The van der Waals surface area contributed by atoms with E-state index in [0.29, 0.717) is 16.9 Å². The third-order valence-corrected chi connectivity index (χ3v) is 8.78. The molecule has 0 aliphatic carbocycles. The van der Waals surface area contributed by atoms with Gasteiger partial charge in [0.25, 0.3) is 0 Å². The van der Waals surface area contributed by atoms with E-state index in [1.165, 1.54) is 11.1 Å². The number of carbonyl (C=O) groups is 1. The number of hydrogen-bond donors (Lipinski definition) is 1. The van der Waals surface area contributed by atoms with Gasteiger partial charge in [0, 0.05) is 30.4 Å². The lowest BCUT2D eigenvalue weighted by molar-refractivity contribution is -0.160. The first-order valence-corrected chi connectivity index (χ1v) is 15.6. The Morgan fingerprint density at radius 1 is 1.02 bits per heavy atom. The van der Waals surface area contributed by atoms with Gasteiger partial charge >= 0.3 is 5.97 Å². The molecule has 5 heterocycles. The Labute approximate surface area is 259 Å². The summed E-state index contributed by atoms with van der Waals surface area (Å²) in [4.78, 5) is 20.0. The maximum Gasteiger partial charge on any atom is 0.337 e. The number of allylic oxidation sites excluding steroid dienone is 4. The summed E-state index contributed by atoms with van der Waals surface area (Å²) in [6, 6.07) is 19.1. The molecule has 228 valence electrons. The van der Waals surface area contributed by atoms with Crippen LogP contribution >= 0.6 is 0 Å². The van der Waals surface area contributed by atoms with E-state index in [2.05, 4.69) is 84.7 Å². The maximum atomic E-state index is 12.8. The summed E-state index contributed by atoms with van der Waals surface area (Å²) in [5.41, 5.74) is 6.71.